The summed E-state index contributed by atoms with van der Waals surface area (Å²) in [5.41, 5.74) is 0. The Balaban J connectivity index is 0.000000180. The van der Waals surface area contributed by atoms with E-state index < -0.39 is 6.16 Å². The number of hydrogen-bond acceptors (Lipinski definition) is 1. The first-order chi connectivity index (χ1) is 4.73. The van der Waals surface area contributed by atoms with Gasteiger partial charge in [0.1, 0.15) is 0 Å². The summed E-state index contributed by atoms with van der Waals surface area (Å²) < 4.78 is 0. The van der Waals surface area contributed by atoms with Gasteiger partial charge < -0.3 is 10.2 Å². The van der Waals surface area contributed by atoms with Crippen LogP contribution in [-0.4, -0.2) is 23.3 Å². The summed E-state index contributed by atoms with van der Waals surface area (Å²) in [7, 11) is 0. The molecule has 0 saturated heterocycles. The van der Waals surface area contributed by atoms with Crippen LogP contribution in [0.25, 0.3) is 0 Å². The first-order valence-corrected chi connectivity index (χ1v) is 2.65. The van der Waals surface area contributed by atoms with E-state index in [9.17, 15) is 0 Å². The third-order valence-corrected chi connectivity index (χ3v) is 0.667. The van der Waals surface area contributed by atoms with Gasteiger partial charge in [0.05, 0.1) is 0 Å². The second-order valence-corrected chi connectivity index (χ2v) is 1.44. The van der Waals surface area contributed by atoms with Crippen LogP contribution < -0.4 is 0 Å². The van der Waals surface area contributed by atoms with Crippen LogP contribution >= 0.6 is 0 Å². The molecule has 0 aliphatic heterocycles. The van der Waals surface area contributed by atoms with E-state index in [1.165, 1.54) is 0 Å². The van der Waals surface area contributed by atoms with Gasteiger partial charge in [0.25, 0.3) is 0 Å². The number of rotatable bonds is 0. The molecule has 0 fully saturated rings. The molecule has 0 atom stereocenters. The Kier molecular flexibility index (Phi) is 5.05. The van der Waals surface area contributed by atoms with Gasteiger partial charge in [-0.05, 0) is 0 Å². The fraction of sp³-hybridized carbons (Fsp3) is 0. The van der Waals surface area contributed by atoms with Crippen LogP contribution in [-0.2, 0) is 0 Å². The molecule has 3 nitrogen and oxygen atoms in total. The predicted octanol–water partition coefficient (Wildman–Crippen LogP) is 1.25. The summed E-state index contributed by atoms with van der Waals surface area (Å²) in [4.78, 5) is 8.56. The first-order valence-electron chi connectivity index (χ1n) is 2.65. The van der Waals surface area contributed by atoms with E-state index in [0.717, 1.165) is 0 Å². The molecule has 52 valence electrons. The summed E-state index contributed by atoms with van der Waals surface area (Å²) in [6.45, 7) is 2.00. The topological polar surface area (TPSA) is 57.5 Å². The van der Waals surface area contributed by atoms with Gasteiger partial charge in [0.2, 0.25) is 0 Å². The van der Waals surface area contributed by atoms with Gasteiger partial charge in [-0.2, -0.15) is 0 Å². The van der Waals surface area contributed by atoms with Crippen molar-refractivity contribution in [3.8, 4) is 0 Å². The van der Waals surface area contributed by atoms with E-state index in [-0.39, 0.29) is 0 Å². The molecule has 0 saturated carbocycles. The Bertz CT molecular complexity index is 145. The van der Waals surface area contributed by atoms with Crippen molar-refractivity contribution in [3.05, 3.63) is 30.1 Å². The van der Waals surface area contributed by atoms with Crippen LogP contribution in [0.1, 0.15) is 0 Å². The molecule has 1 rings (SSSR count). The fourth-order valence-electron chi connectivity index (χ4n) is 0.385. The molecule has 1 heterocycles. The molecule has 0 aliphatic rings. The Morgan fingerprint density at radius 1 is 1.10 bits per heavy atom. The number of carboxylic acid groups (broad SMARTS) is 2. The van der Waals surface area contributed by atoms with Crippen molar-refractivity contribution in [1.29, 1.82) is 0 Å². The van der Waals surface area contributed by atoms with Gasteiger partial charge >= 0.3 is 43.2 Å². The van der Waals surface area contributed by atoms with Gasteiger partial charge in [0, 0.05) is 0 Å². The van der Waals surface area contributed by atoms with Crippen molar-refractivity contribution in [2.24, 2.45) is 0 Å². The van der Waals surface area contributed by atoms with Crippen molar-refractivity contribution in [3.63, 3.8) is 0 Å². The number of hydrogen-bond donors (Lipinski definition) is 2. The van der Waals surface area contributed by atoms with E-state index in [4.69, 9.17) is 15.0 Å². The van der Waals surface area contributed by atoms with Crippen molar-refractivity contribution < 1.29 is 15.0 Å². The van der Waals surface area contributed by atoms with Crippen molar-refractivity contribution in [1.82, 2.24) is 0 Å². The van der Waals surface area contributed by atoms with E-state index in [1.807, 2.05) is 37.0 Å². The van der Waals surface area contributed by atoms with Gasteiger partial charge in [-0.1, -0.05) is 0 Å². The molecule has 0 aromatic carbocycles. The van der Waals surface area contributed by atoms with Crippen LogP contribution in [0, 0.1) is 0 Å². The zero-order valence-electron chi connectivity index (χ0n) is 5.27. The van der Waals surface area contributed by atoms with E-state index in [2.05, 4.69) is 0 Å². The molecule has 1 aromatic rings. The quantitative estimate of drug-likeness (QED) is 0.566. The van der Waals surface area contributed by atoms with Crippen LogP contribution in [0.4, 0.5) is 4.79 Å². The number of carbonyl (C=O) groups is 1. The normalized spacial score (nSPS) is 6.80. The summed E-state index contributed by atoms with van der Waals surface area (Å²) in [5.74, 6) is 4.00. The SMILES string of the molecule is O=C(O)O.b1ccccc1. The van der Waals surface area contributed by atoms with Gasteiger partial charge in [0.15, 0.2) is 0 Å². The average Bonchev–Trinajstić information content (AvgIpc) is 1.90. The van der Waals surface area contributed by atoms with Crippen LogP contribution in [0.3, 0.4) is 0 Å². The van der Waals surface area contributed by atoms with Crippen LogP contribution in [0.2, 0.25) is 0 Å². The van der Waals surface area contributed by atoms with E-state index >= 15 is 0 Å². The molecule has 0 amide bonds. The molecular formula is C6H7BO3. The van der Waals surface area contributed by atoms with Gasteiger partial charge in [-0.25, -0.2) is 4.79 Å². The molecule has 0 bridgehead atoms. The minimum absolute atomic E-state index is 1.83. The van der Waals surface area contributed by atoms with Crippen LogP contribution in [0.5, 0.6) is 0 Å². The van der Waals surface area contributed by atoms with Crippen molar-refractivity contribution >= 4 is 13.1 Å². The maximum absolute atomic E-state index is 8.56. The summed E-state index contributed by atoms with van der Waals surface area (Å²) >= 11 is 0. The van der Waals surface area contributed by atoms with Crippen molar-refractivity contribution in [2.45, 2.75) is 0 Å². The van der Waals surface area contributed by atoms with E-state index in [0.29, 0.717) is 0 Å². The van der Waals surface area contributed by atoms with Crippen LogP contribution in [0.15, 0.2) is 30.1 Å². The Morgan fingerprint density at radius 3 is 1.60 bits per heavy atom. The Morgan fingerprint density at radius 2 is 1.50 bits per heavy atom. The standard InChI is InChI=1S/C5H5B.CH2O3/c1-2-4-6-5-3-1;2-1(3)4/h1-5H;(H2,2,3,4). The molecule has 10 heavy (non-hydrogen) atoms. The Labute approximate surface area is 59.2 Å². The predicted molar refractivity (Wildman–Crippen MR) is 38.4 cm³/mol. The summed E-state index contributed by atoms with van der Waals surface area (Å²) in [6.07, 6.45) is -1.83. The molecule has 0 aliphatic carbocycles. The van der Waals surface area contributed by atoms with E-state index in [1.54, 1.807) is 0 Å². The maximum atomic E-state index is 8.56. The summed E-state index contributed by atoms with van der Waals surface area (Å²) in [6, 6.07) is 6.00. The molecular weight excluding hydrogens is 131 g/mol. The van der Waals surface area contributed by atoms with Crippen molar-refractivity contribution in [2.75, 3.05) is 0 Å². The second kappa shape index (κ2) is 5.82. The average molecular weight is 138 g/mol. The summed E-state index contributed by atoms with van der Waals surface area (Å²) in [5, 5.41) is 13.9. The fourth-order valence-corrected chi connectivity index (χ4v) is 0.385. The van der Waals surface area contributed by atoms with Gasteiger partial charge in [-0.3, -0.25) is 0 Å². The Hall–Kier alpha value is -1.32. The minimum atomic E-state index is -1.83. The molecule has 4 heteroatoms. The van der Waals surface area contributed by atoms with Gasteiger partial charge in [-0.15, -0.1) is 0 Å². The first kappa shape index (κ1) is 8.68. The molecule has 0 radical (unpaired) electrons. The molecule has 2 N–H and O–H groups in total. The monoisotopic (exact) mass is 138 g/mol. The molecule has 0 spiro atoms. The third kappa shape index (κ3) is 9.84. The molecule has 0 unspecified atom stereocenters. The zero-order valence-corrected chi connectivity index (χ0v) is 5.27. The molecule has 1 aromatic heterocycles. The third-order valence-electron chi connectivity index (χ3n) is 0.667. The zero-order chi connectivity index (χ0) is 7.82. The second-order valence-electron chi connectivity index (χ2n) is 1.44.